The number of rotatable bonds is 10. The van der Waals surface area contributed by atoms with Crippen molar-refractivity contribution in [2.75, 3.05) is 12.3 Å². The summed E-state index contributed by atoms with van der Waals surface area (Å²) >= 11 is 5.06. The first-order valence-corrected chi connectivity index (χ1v) is 11.8. The Morgan fingerprint density at radius 2 is 1.93 bits per heavy atom. The van der Waals surface area contributed by atoms with Crippen molar-refractivity contribution in [3.05, 3.63) is 69.7 Å². The van der Waals surface area contributed by atoms with E-state index in [1.54, 1.807) is 23.6 Å². The van der Waals surface area contributed by atoms with Gasteiger partial charge in [-0.1, -0.05) is 59.3 Å². The van der Waals surface area contributed by atoms with Crippen LogP contribution in [0, 0.1) is 6.92 Å². The molecule has 0 aromatic heterocycles. The Morgan fingerprint density at radius 3 is 2.62 bits per heavy atom. The Bertz CT molecular complexity index is 828. The number of amides is 2. The van der Waals surface area contributed by atoms with E-state index < -0.39 is 6.04 Å². The van der Waals surface area contributed by atoms with Crippen LogP contribution in [0.3, 0.4) is 0 Å². The third-order valence-corrected chi connectivity index (χ3v) is 6.16. The van der Waals surface area contributed by atoms with Crippen LogP contribution in [0.15, 0.2) is 53.0 Å². The first-order valence-electron chi connectivity index (χ1n) is 9.86. The van der Waals surface area contributed by atoms with Crippen LogP contribution in [-0.2, 0) is 21.9 Å². The van der Waals surface area contributed by atoms with Crippen molar-refractivity contribution >= 4 is 39.5 Å². The number of hydrogen-bond acceptors (Lipinski definition) is 3. The maximum absolute atomic E-state index is 13.0. The molecule has 0 unspecified atom stereocenters. The molecule has 0 aliphatic heterocycles. The second-order valence-corrected chi connectivity index (χ2v) is 8.94. The van der Waals surface area contributed by atoms with Gasteiger partial charge in [-0.2, -0.15) is 0 Å². The molecule has 156 valence electrons. The Kier molecular flexibility index (Phi) is 9.74. The van der Waals surface area contributed by atoms with Crippen LogP contribution in [0.25, 0.3) is 0 Å². The SMILES string of the molecule is CCCNC(=O)[C@@H](C)N(Cc1cccc(Br)c1)C(=O)CSCc1ccccc1C. The second kappa shape index (κ2) is 12.0. The van der Waals surface area contributed by atoms with Crippen LogP contribution in [-0.4, -0.2) is 35.1 Å². The molecule has 0 aliphatic rings. The van der Waals surface area contributed by atoms with Crippen molar-refractivity contribution in [2.45, 2.75) is 45.5 Å². The molecule has 1 N–H and O–H groups in total. The summed E-state index contributed by atoms with van der Waals surface area (Å²) in [6.45, 7) is 6.91. The van der Waals surface area contributed by atoms with Gasteiger partial charge in [-0.15, -0.1) is 11.8 Å². The highest BCUT2D eigenvalue weighted by Crippen LogP contribution is 2.19. The fraction of sp³-hybridized carbons (Fsp3) is 0.391. The monoisotopic (exact) mass is 476 g/mol. The van der Waals surface area contributed by atoms with E-state index in [4.69, 9.17) is 0 Å². The molecule has 1 atom stereocenters. The lowest BCUT2D eigenvalue weighted by atomic mass is 10.1. The first-order chi connectivity index (χ1) is 13.9. The van der Waals surface area contributed by atoms with Crippen LogP contribution in [0.1, 0.15) is 37.0 Å². The van der Waals surface area contributed by atoms with Gasteiger partial charge >= 0.3 is 0 Å². The number of benzene rings is 2. The number of carbonyl (C=O) groups excluding carboxylic acids is 2. The lowest BCUT2D eigenvalue weighted by Crippen LogP contribution is -2.48. The van der Waals surface area contributed by atoms with Gasteiger partial charge in [-0.05, 0) is 49.1 Å². The Balaban J connectivity index is 2.07. The summed E-state index contributed by atoms with van der Waals surface area (Å²) in [6.07, 6.45) is 0.865. The molecule has 0 spiro atoms. The highest BCUT2D eigenvalue weighted by Gasteiger charge is 2.25. The molecule has 0 aliphatic carbocycles. The van der Waals surface area contributed by atoms with Crippen LogP contribution < -0.4 is 5.32 Å². The number of nitrogens with one attached hydrogen (secondary N) is 1. The predicted octanol–water partition coefficient (Wildman–Crippen LogP) is 4.93. The van der Waals surface area contributed by atoms with Gasteiger partial charge in [0.25, 0.3) is 0 Å². The summed E-state index contributed by atoms with van der Waals surface area (Å²) in [5.41, 5.74) is 3.45. The number of halogens is 1. The molecule has 0 radical (unpaired) electrons. The average molecular weight is 477 g/mol. The van der Waals surface area contributed by atoms with Gasteiger partial charge in [0.2, 0.25) is 11.8 Å². The van der Waals surface area contributed by atoms with E-state index in [1.807, 2.05) is 43.3 Å². The zero-order valence-electron chi connectivity index (χ0n) is 17.3. The number of nitrogens with zero attached hydrogens (tertiary/aromatic N) is 1. The molecule has 0 fully saturated rings. The van der Waals surface area contributed by atoms with Gasteiger partial charge in [0.05, 0.1) is 5.75 Å². The largest absolute Gasteiger partial charge is 0.354 e. The Hall–Kier alpha value is -1.79. The van der Waals surface area contributed by atoms with E-state index in [2.05, 4.69) is 40.3 Å². The van der Waals surface area contributed by atoms with Gasteiger partial charge in [-0.25, -0.2) is 0 Å². The van der Waals surface area contributed by atoms with E-state index in [0.717, 1.165) is 22.2 Å². The predicted molar refractivity (Wildman–Crippen MR) is 125 cm³/mol. The van der Waals surface area contributed by atoms with Crippen molar-refractivity contribution in [1.82, 2.24) is 10.2 Å². The molecular formula is C23H29BrN2O2S. The molecule has 0 heterocycles. The fourth-order valence-corrected chi connectivity index (χ4v) is 4.35. The second-order valence-electron chi connectivity index (χ2n) is 7.04. The minimum Gasteiger partial charge on any atom is -0.354 e. The molecule has 6 heteroatoms. The summed E-state index contributed by atoms with van der Waals surface area (Å²) < 4.78 is 0.958. The molecule has 2 rings (SSSR count). The summed E-state index contributed by atoms with van der Waals surface area (Å²) in [4.78, 5) is 27.2. The van der Waals surface area contributed by atoms with Crippen LogP contribution in [0.2, 0.25) is 0 Å². The van der Waals surface area contributed by atoms with E-state index in [-0.39, 0.29) is 11.8 Å². The molecule has 4 nitrogen and oxygen atoms in total. The van der Waals surface area contributed by atoms with Crippen LogP contribution in [0.5, 0.6) is 0 Å². The van der Waals surface area contributed by atoms with Gasteiger partial charge in [0.15, 0.2) is 0 Å². The normalized spacial score (nSPS) is 11.7. The average Bonchev–Trinajstić information content (AvgIpc) is 2.71. The molecular weight excluding hydrogens is 448 g/mol. The van der Waals surface area contributed by atoms with Gasteiger partial charge < -0.3 is 10.2 Å². The summed E-state index contributed by atoms with van der Waals surface area (Å²) in [7, 11) is 0. The Labute approximate surface area is 186 Å². The van der Waals surface area contributed by atoms with Crippen molar-refractivity contribution in [3.8, 4) is 0 Å². The van der Waals surface area contributed by atoms with E-state index >= 15 is 0 Å². The molecule has 2 amide bonds. The van der Waals surface area contributed by atoms with Gasteiger partial charge in [0, 0.05) is 23.3 Å². The lowest BCUT2D eigenvalue weighted by molar-refractivity contribution is -0.138. The summed E-state index contributed by atoms with van der Waals surface area (Å²) in [6, 6.07) is 15.5. The standard InChI is InChI=1S/C23H29BrN2O2S/c1-4-12-25-23(28)18(3)26(14-19-9-7-11-21(24)13-19)22(27)16-29-15-20-10-6-5-8-17(20)2/h5-11,13,18H,4,12,14-16H2,1-3H3,(H,25,28)/t18-/m1/s1. The Morgan fingerprint density at radius 1 is 1.17 bits per heavy atom. The molecule has 2 aromatic rings. The van der Waals surface area contributed by atoms with Crippen LogP contribution in [0.4, 0.5) is 0 Å². The topological polar surface area (TPSA) is 49.4 Å². The maximum atomic E-state index is 13.0. The van der Waals surface area contributed by atoms with Gasteiger partial charge in [0.1, 0.15) is 6.04 Å². The zero-order valence-corrected chi connectivity index (χ0v) is 19.7. The zero-order chi connectivity index (χ0) is 21.2. The lowest BCUT2D eigenvalue weighted by Gasteiger charge is -2.29. The third kappa shape index (κ3) is 7.52. The number of hydrogen-bond donors (Lipinski definition) is 1. The van der Waals surface area contributed by atoms with Crippen molar-refractivity contribution in [2.24, 2.45) is 0 Å². The van der Waals surface area contributed by atoms with E-state index in [9.17, 15) is 9.59 Å². The van der Waals surface area contributed by atoms with Gasteiger partial charge in [-0.3, -0.25) is 9.59 Å². The molecule has 0 bridgehead atoms. The highest BCUT2D eigenvalue weighted by atomic mass is 79.9. The molecule has 2 aromatic carbocycles. The summed E-state index contributed by atoms with van der Waals surface area (Å²) in [5.74, 6) is 0.981. The van der Waals surface area contributed by atoms with Crippen LogP contribution >= 0.6 is 27.7 Å². The van der Waals surface area contributed by atoms with Crippen molar-refractivity contribution < 1.29 is 9.59 Å². The van der Waals surface area contributed by atoms with E-state index in [1.165, 1.54) is 11.1 Å². The fourth-order valence-electron chi connectivity index (χ4n) is 2.91. The number of carbonyl (C=O) groups is 2. The minimum absolute atomic E-state index is 0.0253. The highest BCUT2D eigenvalue weighted by molar-refractivity contribution is 9.10. The maximum Gasteiger partial charge on any atom is 0.242 e. The summed E-state index contributed by atoms with van der Waals surface area (Å²) in [5, 5.41) is 2.91. The molecule has 29 heavy (non-hydrogen) atoms. The number of thioether (sulfide) groups is 1. The minimum atomic E-state index is -0.521. The smallest absolute Gasteiger partial charge is 0.242 e. The first kappa shape index (κ1) is 23.5. The molecule has 0 saturated heterocycles. The molecule has 0 saturated carbocycles. The third-order valence-electron chi connectivity index (χ3n) is 4.70. The van der Waals surface area contributed by atoms with Crippen molar-refractivity contribution in [1.29, 1.82) is 0 Å². The van der Waals surface area contributed by atoms with Crippen molar-refractivity contribution in [3.63, 3.8) is 0 Å². The quantitative estimate of drug-likeness (QED) is 0.528. The van der Waals surface area contributed by atoms with E-state index in [0.29, 0.717) is 18.8 Å². The number of aryl methyl sites for hydroxylation is 1.